The monoisotopic (exact) mass is 363 g/mol. The molecule has 0 spiro atoms. The van der Waals surface area contributed by atoms with Gasteiger partial charge in [-0.25, -0.2) is 21.9 Å². The average Bonchev–Trinajstić information content (AvgIpc) is 2.59. The molecule has 18 heavy (non-hydrogen) atoms. The van der Waals surface area contributed by atoms with Crippen LogP contribution in [0.2, 0.25) is 0 Å². The second-order valence-corrected chi connectivity index (χ2v) is 7.75. The zero-order valence-corrected chi connectivity index (χ0v) is 12.7. The maximum atomic E-state index is 11.8. The number of hydrogen-bond donors (Lipinski definition) is 1. The van der Waals surface area contributed by atoms with Crippen LogP contribution in [-0.2, 0) is 14.8 Å². The molecule has 0 radical (unpaired) electrons. The number of sulfonamides is 1. The molecule has 0 unspecified atom stereocenters. The third-order valence-corrected chi connectivity index (χ3v) is 5.95. The molecule has 1 aromatic rings. The van der Waals surface area contributed by atoms with Crippen LogP contribution in [-0.4, -0.2) is 34.6 Å². The van der Waals surface area contributed by atoms with Gasteiger partial charge in [0.25, 0.3) is 6.43 Å². The quantitative estimate of drug-likeness (QED) is 0.756. The van der Waals surface area contributed by atoms with Crippen molar-refractivity contribution < 1.29 is 21.9 Å². The van der Waals surface area contributed by atoms with Crippen molar-refractivity contribution in [3.63, 3.8) is 0 Å². The van der Waals surface area contributed by atoms with Gasteiger partial charge in [-0.3, -0.25) is 0 Å². The van der Waals surface area contributed by atoms with E-state index >= 15 is 0 Å². The Morgan fingerprint density at radius 2 is 2.22 bits per heavy atom. The molecule has 1 heterocycles. The van der Waals surface area contributed by atoms with E-state index in [1.165, 1.54) is 6.07 Å². The van der Waals surface area contributed by atoms with Crippen molar-refractivity contribution in [3.8, 4) is 0 Å². The molecule has 1 rings (SSSR count). The Labute approximate surface area is 117 Å². The van der Waals surface area contributed by atoms with Crippen molar-refractivity contribution in [3.05, 3.63) is 15.4 Å². The zero-order valence-electron chi connectivity index (χ0n) is 9.45. The lowest BCUT2D eigenvalue weighted by Crippen LogP contribution is -2.27. The van der Waals surface area contributed by atoms with E-state index in [1.807, 2.05) is 0 Å². The van der Waals surface area contributed by atoms with Crippen molar-refractivity contribution in [2.75, 3.05) is 19.8 Å². The van der Waals surface area contributed by atoms with Gasteiger partial charge in [-0.15, -0.1) is 11.3 Å². The van der Waals surface area contributed by atoms with Crippen LogP contribution in [0.25, 0.3) is 0 Å². The van der Waals surface area contributed by atoms with Crippen LogP contribution < -0.4 is 4.72 Å². The molecule has 0 saturated carbocycles. The first-order valence-corrected chi connectivity index (χ1v) is 8.03. The smallest absolute Gasteiger partial charge is 0.261 e. The molecule has 0 atom stereocenters. The first-order chi connectivity index (χ1) is 8.33. The van der Waals surface area contributed by atoms with E-state index in [1.54, 1.807) is 6.92 Å². The van der Waals surface area contributed by atoms with Gasteiger partial charge in [-0.05, 0) is 34.5 Å². The number of alkyl halides is 2. The lowest BCUT2D eigenvalue weighted by Gasteiger charge is -2.05. The van der Waals surface area contributed by atoms with Crippen LogP contribution in [0.4, 0.5) is 8.78 Å². The highest BCUT2D eigenvalue weighted by molar-refractivity contribution is 9.11. The van der Waals surface area contributed by atoms with Crippen LogP contribution in [0.1, 0.15) is 5.56 Å². The molecule has 1 N–H and O–H groups in total. The summed E-state index contributed by atoms with van der Waals surface area (Å²) in [5.41, 5.74) is 0.828. The van der Waals surface area contributed by atoms with E-state index in [0.29, 0.717) is 0 Å². The minimum absolute atomic E-state index is 0.0381. The molecule has 0 saturated heterocycles. The molecular formula is C9H12BrF2NO3S2. The van der Waals surface area contributed by atoms with Crippen LogP contribution in [0.15, 0.2) is 14.1 Å². The molecule has 4 nitrogen and oxygen atoms in total. The van der Waals surface area contributed by atoms with Gasteiger partial charge in [0.15, 0.2) is 0 Å². The number of halogens is 3. The third kappa shape index (κ3) is 4.88. The summed E-state index contributed by atoms with van der Waals surface area (Å²) < 4.78 is 54.8. The minimum Gasteiger partial charge on any atom is -0.374 e. The Kier molecular flexibility index (Phi) is 6.12. The van der Waals surface area contributed by atoms with Crippen LogP contribution in [0.5, 0.6) is 0 Å². The Hall–Kier alpha value is -0.0900. The summed E-state index contributed by atoms with van der Waals surface area (Å²) in [7, 11) is -3.59. The summed E-state index contributed by atoms with van der Waals surface area (Å²) in [5, 5.41) is 0. The lowest BCUT2D eigenvalue weighted by atomic mass is 10.4. The molecule has 0 bridgehead atoms. The van der Waals surface area contributed by atoms with Crippen molar-refractivity contribution in [1.82, 2.24) is 4.72 Å². The molecule has 0 aliphatic rings. The van der Waals surface area contributed by atoms with E-state index in [2.05, 4.69) is 25.4 Å². The fourth-order valence-corrected chi connectivity index (χ4v) is 4.34. The van der Waals surface area contributed by atoms with Crippen molar-refractivity contribution in [1.29, 1.82) is 0 Å². The normalized spacial score (nSPS) is 12.3. The Morgan fingerprint density at radius 3 is 2.72 bits per heavy atom. The predicted molar refractivity (Wildman–Crippen MR) is 68.8 cm³/mol. The summed E-state index contributed by atoms with van der Waals surface area (Å²) in [5.74, 6) is 0. The molecule has 0 aliphatic carbocycles. The van der Waals surface area contributed by atoms with Crippen LogP contribution >= 0.6 is 27.3 Å². The van der Waals surface area contributed by atoms with Gasteiger partial charge in [0.2, 0.25) is 10.0 Å². The third-order valence-electron chi connectivity index (χ3n) is 1.88. The molecule has 9 heteroatoms. The number of rotatable bonds is 7. The fraction of sp³-hybridized carbons (Fsp3) is 0.556. The van der Waals surface area contributed by atoms with Crippen molar-refractivity contribution in [2.45, 2.75) is 17.6 Å². The highest BCUT2D eigenvalue weighted by Crippen LogP contribution is 2.30. The Balaban J connectivity index is 2.45. The Bertz CT molecular complexity index is 471. The van der Waals surface area contributed by atoms with Gasteiger partial charge in [0, 0.05) is 6.54 Å². The molecular weight excluding hydrogens is 352 g/mol. The zero-order chi connectivity index (χ0) is 13.8. The lowest BCUT2D eigenvalue weighted by molar-refractivity contribution is 0.0199. The summed E-state index contributed by atoms with van der Waals surface area (Å²) in [6, 6.07) is 1.54. The van der Waals surface area contributed by atoms with Gasteiger partial charge in [-0.2, -0.15) is 0 Å². The summed E-state index contributed by atoms with van der Waals surface area (Å²) in [6.45, 7) is 0.968. The first kappa shape index (κ1) is 16.0. The van der Waals surface area contributed by atoms with Gasteiger partial charge in [0.05, 0.1) is 10.4 Å². The summed E-state index contributed by atoms with van der Waals surface area (Å²) in [6.07, 6.45) is -2.54. The van der Waals surface area contributed by atoms with Gasteiger partial charge >= 0.3 is 0 Å². The van der Waals surface area contributed by atoms with Gasteiger partial charge in [0.1, 0.15) is 10.8 Å². The highest BCUT2D eigenvalue weighted by atomic mass is 79.9. The second kappa shape index (κ2) is 6.90. The topological polar surface area (TPSA) is 55.4 Å². The van der Waals surface area contributed by atoms with E-state index < -0.39 is 23.1 Å². The van der Waals surface area contributed by atoms with E-state index in [9.17, 15) is 17.2 Å². The maximum absolute atomic E-state index is 11.8. The summed E-state index contributed by atoms with van der Waals surface area (Å²) in [4.78, 5) is 0. The number of hydrogen-bond acceptors (Lipinski definition) is 4. The minimum atomic E-state index is -3.59. The van der Waals surface area contributed by atoms with E-state index in [-0.39, 0.29) is 17.4 Å². The molecule has 0 aromatic carbocycles. The maximum Gasteiger partial charge on any atom is 0.261 e. The molecule has 0 aliphatic heterocycles. The molecule has 0 fully saturated rings. The second-order valence-electron chi connectivity index (χ2n) is 3.39. The molecule has 0 amide bonds. The first-order valence-electron chi connectivity index (χ1n) is 4.94. The number of nitrogens with one attached hydrogen (secondary N) is 1. The highest BCUT2D eigenvalue weighted by Gasteiger charge is 2.17. The number of aryl methyl sites for hydroxylation is 1. The van der Waals surface area contributed by atoms with Crippen LogP contribution in [0, 0.1) is 6.92 Å². The Morgan fingerprint density at radius 1 is 1.56 bits per heavy atom. The SMILES string of the molecule is Cc1cc(S(=O)(=O)NCCOCC(F)F)sc1Br. The van der Waals surface area contributed by atoms with Crippen LogP contribution in [0.3, 0.4) is 0 Å². The summed E-state index contributed by atoms with van der Waals surface area (Å²) >= 11 is 4.33. The predicted octanol–water partition coefficient (Wildman–Crippen LogP) is 2.38. The van der Waals surface area contributed by atoms with Crippen molar-refractivity contribution in [2.24, 2.45) is 0 Å². The van der Waals surface area contributed by atoms with E-state index in [0.717, 1.165) is 20.7 Å². The van der Waals surface area contributed by atoms with Gasteiger partial charge < -0.3 is 4.74 Å². The average molecular weight is 364 g/mol. The molecule has 1 aromatic heterocycles. The van der Waals surface area contributed by atoms with Crippen molar-refractivity contribution >= 4 is 37.3 Å². The van der Waals surface area contributed by atoms with E-state index in [4.69, 9.17) is 0 Å². The molecule has 104 valence electrons. The number of ether oxygens (including phenoxy) is 1. The largest absolute Gasteiger partial charge is 0.374 e. The number of thiophene rings is 1. The van der Waals surface area contributed by atoms with Gasteiger partial charge in [-0.1, -0.05) is 0 Å². The fourth-order valence-electron chi connectivity index (χ4n) is 1.06. The standard InChI is InChI=1S/C9H12BrF2NO3S2/c1-6-4-8(17-9(6)10)18(14,15)13-2-3-16-5-7(11)12/h4,7,13H,2-3,5H2,1H3.